The van der Waals surface area contributed by atoms with Crippen LogP contribution in [-0.2, 0) is 9.47 Å². The lowest BCUT2D eigenvalue weighted by molar-refractivity contribution is -0.140. The maximum Gasteiger partial charge on any atom is 0.341 e. The first kappa shape index (κ1) is 19.9. The average molecular weight is 354 g/mol. The van der Waals surface area contributed by atoms with E-state index in [1.165, 1.54) is 0 Å². The summed E-state index contributed by atoms with van der Waals surface area (Å²) in [4.78, 5) is 25.5. The van der Waals surface area contributed by atoms with Crippen molar-refractivity contribution < 1.29 is 19.1 Å². The Morgan fingerprint density at radius 1 is 0.923 bits per heavy atom. The zero-order valence-electron chi connectivity index (χ0n) is 15.6. The van der Waals surface area contributed by atoms with Crippen molar-refractivity contribution in [2.45, 2.75) is 52.4 Å². The molecule has 2 aromatic rings. The van der Waals surface area contributed by atoms with Crippen molar-refractivity contribution in [2.24, 2.45) is 0 Å². The summed E-state index contributed by atoms with van der Waals surface area (Å²) in [6.07, 6.45) is 1.67. The number of esters is 1. The Balaban J connectivity index is 2.22. The molecule has 0 aromatic heterocycles. The van der Waals surface area contributed by atoms with E-state index >= 15 is 0 Å². The molecule has 2 aromatic carbocycles. The molecule has 2 unspecified atom stereocenters. The van der Waals surface area contributed by atoms with Crippen LogP contribution in [0.3, 0.4) is 0 Å². The van der Waals surface area contributed by atoms with Gasteiger partial charge in [-0.1, -0.05) is 68.8 Å². The minimum absolute atomic E-state index is 0.000504. The van der Waals surface area contributed by atoms with E-state index in [0.29, 0.717) is 17.5 Å². The fourth-order valence-corrected chi connectivity index (χ4v) is 2.53. The molecule has 0 N–H and O–H groups in total. The second-order valence-electron chi connectivity index (χ2n) is 6.22. The Kier molecular flexibility index (Phi) is 7.54. The molecule has 0 fully saturated rings. The first-order valence-corrected chi connectivity index (χ1v) is 9.12. The number of hydrogen-bond donors (Lipinski definition) is 0. The maximum absolute atomic E-state index is 12.8. The van der Waals surface area contributed by atoms with Gasteiger partial charge in [0.1, 0.15) is 0 Å². The summed E-state index contributed by atoms with van der Waals surface area (Å²) in [6, 6.07) is 15.6. The Morgan fingerprint density at radius 3 is 2.15 bits per heavy atom. The first-order valence-electron chi connectivity index (χ1n) is 9.12. The van der Waals surface area contributed by atoms with Gasteiger partial charge in [0.05, 0.1) is 11.7 Å². The summed E-state index contributed by atoms with van der Waals surface area (Å²) in [5.74, 6) is -0.736. The average Bonchev–Trinajstić information content (AvgIpc) is 2.68. The highest BCUT2D eigenvalue weighted by molar-refractivity contribution is 6.14. The lowest BCUT2D eigenvalue weighted by atomic mass is 9.98. The van der Waals surface area contributed by atoms with Crippen LogP contribution in [0.4, 0.5) is 0 Å². The zero-order valence-corrected chi connectivity index (χ0v) is 15.6. The first-order chi connectivity index (χ1) is 12.6. The molecule has 0 amide bonds. The fourth-order valence-electron chi connectivity index (χ4n) is 2.53. The van der Waals surface area contributed by atoms with Crippen LogP contribution in [0.15, 0.2) is 54.6 Å². The smallest absolute Gasteiger partial charge is 0.341 e. The van der Waals surface area contributed by atoms with E-state index in [1.54, 1.807) is 48.5 Å². The van der Waals surface area contributed by atoms with Gasteiger partial charge < -0.3 is 9.47 Å². The molecule has 0 aliphatic heterocycles. The van der Waals surface area contributed by atoms with Gasteiger partial charge in [-0.2, -0.15) is 0 Å². The topological polar surface area (TPSA) is 52.6 Å². The Labute approximate surface area is 155 Å². The molecule has 0 spiro atoms. The van der Waals surface area contributed by atoms with Gasteiger partial charge in [-0.25, -0.2) is 4.79 Å². The zero-order chi connectivity index (χ0) is 18.9. The lowest BCUT2D eigenvalue weighted by Gasteiger charge is -2.22. The number of carbonyl (C=O) groups excluding carboxylic acids is 2. The van der Waals surface area contributed by atoms with Crippen LogP contribution in [0.1, 0.15) is 66.3 Å². The van der Waals surface area contributed by atoms with Gasteiger partial charge in [0, 0.05) is 17.5 Å². The molecule has 0 saturated carbocycles. The van der Waals surface area contributed by atoms with Crippen molar-refractivity contribution >= 4 is 11.8 Å². The summed E-state index contributed by atoms with van der Waals surface area (Å²) in [7, 11) is 0. The van der Waals surface area contributed by atoms with E-state index in [0.717, 1.165) is 12.8 Å². The summed E-state index contributed by atoms with van der Waals surface area (Å²) in [5.41, 5.74) is 1.13. The van der Waals surface area contributed by atoms with Crippen LogP contribution in [0.2, 0.25) is 0 Å². The van der Waals surface area contributed by atoms with Crippen molar-refractivity contribution in [3.8, 4) is 0 Å². The van der Waals surface area contributed by atoms with Gasteiger partial charge in [-0.05, 0) is 19.4 Å². The Bertz CT molecular complexity index is 724. The third-order valence-corrected chi connectivity index (χ3v) is 4.15. The van der Waals surface area contributed by atoms with E-state index in [1.807, 2.05) is 26.8 Å². The number of benzene rings is 2. The third-order valence-electron chi connectivity index (χ3n) is 4.15. The van der Waals surface area contributed by atoms with Gasteiger partial charge in [0.2, 0.25) is 6.29 Å². The normalized spacial score (nSPS) is 13.0. The summed E-state index contributed by atoms with van der Waals surface area (Å²) in [6.45, 7) is 5.97. The van der Waals surface area contributed by atoms with Crippen LogP contribution in [0.25, 0.3) is 0 Å². The highest BCUT2D eigenvalue weighted by Crippen LogP contribution is 2.18. The second-order valence-corrected chi connectivity index (χ2v) is 6.22. The van der Waals surface area contributed by atoms with Gasteiger partial charge in [-0.15, -0.1) is 0 Å². The molecule has 4 heteroatoms. The van der Waals surface area contributed by atoms with Crippen molar-refractivity contribution in [2.75, 3.05) is 0 Å². The molecule has 0 saturated heterocycles. The van der Waals surface area contributed by atoms with Gasteiger partial charge in [0.15, 0.2) is 5.78 Å². The van der Waals surface area contributed by atoms with Crippen molar-refractivity contribution in [3.05, 3.63) is 71.3 Å². The number of ketones is 1. The molecule has 0 bridgehead atoms. The molecular weight excluding hydrogens is 328 g/mol. The highest BCUT2D eigenvalue weighted by Gasteiger charge is 2.22. The van der Waals surface area contributed by atoms with Crippen molar-refractivity contribution in [3.63, 3.8) is 0 Å². The predicted molar refractivity (Wildman–Crippen MR) is 101 cm³/mol. The van der Waals surface area contributed by atoms with Crippen LogP contribution in [-0.4, -0.2) is 24.1 Å². The fraction of sp³-hybridized carbons (Fsp3) is 0.364. The van der Waals surface area contributed by atoms with E-state index in [-0.39, 0.29) is 17.5 Å². The number of ether oxygens (including phenoxy) is 2. The number of rotatable bonds is 9. The molecule has 2 rings (SSSR count). The predicted octanol–water partition coefficient (Wildman–Crippen LogP) is 5.02. The van der Waals surface area contributed by atoms with Gasteiger partial charge in [-0.3, -0.25) is 4.79 Å². The SMILES string of the molecule is CCCC(OC(=O)c1ccccc1C(=O)c1ccccc1)OC(C)CC. The largest absolute Gasteiger partial charge is 0.432 e. The third kappa shape index (κ3) is 5.27. The minimum atomic E-state index is -0.609. The molecule has 2 atom stereocenters. The Hall–Kier alpha value is -2.46. The summed E-state index contributed by atoms with van der Waals surface area (Å²) in [5, 5.41) is 0. The molecule has 0 heterocycles. The van der Waals surface area contributed by atoms with E-state index in [9.17, 15) is 9.59 Å². The van der Waals surface area contributed by atoms with E-state index in [4.69, 9.17) is 9.47 Å². The van der Waals surface area contributed by atoms with Crippen LogP contribution in [0, 0.1) is 0 Å². The highest BCUT2D eigenvalue weighted by atomic mass is 16.7. The lowest BCUT2D eigenvalue weighted by Crippen LogP contribution is -2.26. The molecule has 0 aliphatic carbocycles. The molecule has 0 aliphatic rings. The maximum atomic E-state index is 12.8. The molecule has 4 nitrogen and oxygen atoms in total. The van der Waals surface area contributed by atoms with Gasteiger partial charge >= 0.3 is 5.97 Å². The van der Waals surface area contributed by atoms with Crippen LogP contribution >= 0.6 is 0 Å². The van der Waals surface area contributed by atoms with E-state index < -0.39 is 12.3 Å². The van der Waals surface area contributed by atoms with Crippen molar-refractivity contribution in [1.82, 2.24) is 0 Å². The minimum Gasteiger partial charge on any atom is -0.432 e. The number of carbonyl (C=O) groups is 2. The molecular formula is C22H26O4. The summed E-state index contributed by atoms with van der Waals surface area (Å²) >= 11 is 0. The second kappa shape index (κ2) is 9.88. The molecule has 26 heavy (non-hydrogen) atoms. The quantitative estimate of drug-likeness (QED) is 0.361. The van der Waals surface area contributed by atoms with Crippen molar-refractivity contribution in [1.29, 1.82) is 0 Å². The number of hydrogen-bond acceptors (Lipinski definition) is 4. The van der Waals surface area contributed by atoms with Crippen LogP contribution in [0.5, 0.6) is 0 Å². The monoisotopic (exact) mass is 354 g/mol. The molecule has 138 valence electrons. The summed E-state index contributed by atoms with van der Waals surface area (Å²) < 4.78 is 11.4. The van der Waals surface area contributed by atoms with E-state index in [2.05, 4.69) is 0 Å². The van der Waals surface area contributed by atoms with Crippen LogP contribution < -0.4 is 0 Å². The Morgan fingerprint density at radius 2 is 1.54 bits per heavy atom. The molecule has 0 radical (unpaired) electrons. The van der Waals surface area contributed by atoms with Gasteiger partial charge in [0.25, 0.3) is 0 Å². The standard InChI is InChI=1S/C22H26O4/c1-4-11-20(25-16(3)5-2)26-22(24)19-15-10-9-14-18(19)21(23)17-12-7-6-8-13-17/h6-10,12-16,20H,4-5,11H2,1-3H3.